The van der Waals surface area contributed by atoms with Crippen molar-refractivity contribution >= 4 is 0 Å². The number of benzene rings is 2. The molecule has 0 aliphatic carbocycles. The summed E-state index contributed by atoms with van der Waals surface area (Å²) in [6.07, 6.45) is 0. The highest BCUT2D eigenvalue weighted by Crippen LogP contribution is 2.20. The van der Waals surface area contributed by atoms with Crippen LogP contribution in [0.1, 0.15) is 11.1 Å². The van der Waals surface area contributed by atoms with Crippen molar-refractivity contribution in [1.29, 1.82) is 0 Å². The lowest BCUT2D eigenvalue weighted by molar-refractivity contribution is 0.289. The van der Waals surface area contributed by atoms with Gasteiger partial charge in [-0.2, -0.15) is 0 Å². The summed E-state index contributed by atoms with van der Waals surface area (Å²) in [5.41, 5.74) is 6.31. The third-order valence-corrected chi connectivity index (χ3v) is 2.55. The molecule has 0 radical (unpaired) electrons. The van der Waals surface area contributed by atoms with Crippen LogP contribution in [-0.4, -0.2) is 0 Å². The van der Waals surface area contributed by atoms with Crippen LogP contribution in [0, 0.1) is 17.5 Å². The Morgan fingerprint density at radius 1 is 0.895 bits per heavy atom. The van der Waals surface area contributed by atoms with Gasteiger partial charge >= 0.3 is 0 Å². The fraction of sp³-hybridized carbons (Fsp3) is 0.143. The van der Waals surface area contributed by atoms with Gasteiger partial charge in [-0.1, -0.05) is 6.07 Å². The normalized spacial score (nSPS) is 10.5. The molecule has 0 heterocycles. The van der Waals surface area contributed by atoms with Gasteiger partial charge in [0.05, 0.1) is 0 Å². The Balaban J connectivity index is 2.10. The molecule has 2 aromatic carbocycles. The highest BCUT2D eigenvalue weighted by molar-refractivity contribution is 5.29. The Bertz CT molecular complexity index is 567. The molecular formula is C14H12F3NO. The monoisotopic (exact) mass is 267 g/mol. The van der Waals surface area contributed by atoms with Crippen LogP contribution in [0.15, 0.2) is 36.4 Å². The predicted molar refractivity (Wildman–Crippen MR) is 65.0 cm³/mol. The van der Waals surface area contributed by atoms with Crippen molar-refractivity contribution in [2.24, 2.45) is 5.73 Å². The first kappa shape index (κ1) is 13.4. The van der Waals surface area contributed by atoms with Crippen molar-refractivity contribution in [2.45, 2.75) is 13.2 Å². The zero-order chi connectivity index (χ0) is 13.8. The molecule has 2 aromatic rings. The van der Waals surface area contributed by atoms with Crippen LogP contribution in [0.2, 0.25) is 0 Å². The van der Waals surface area contributed by atoms with E-state index in [1.165, 1.54) is 12.1 Å². The Labute approximate surface area is 108 Å². The molecule has 5 heteroatoms. The van der Waals surface area contributed by atoms with E-state index < -0.39 is 17.5 Å². The average molecular weight is 267 g/mol. The molecule has 0 saturated carbocycles. The van der Waals surface area contributed by atoms with Gasteiger partial charge in [0, 0.05) is 12.6 Å². The highest BCUT2D eigenvalue weighted by atomic mass is 19.1. The molecule has 0 aliphatic rings. The van der Waals surface area contributed by atoms with E-state index >= 15 is 0 Å². The predicted octanol–water partition coefficient (Wildman–Crippen LogP) is 3.14. The van der Waals surface area contributed by atoms with Gasteiger partial charge in [-0.05, 0) is 35.4 Å². The van der Waals surface area contributed by atoms with Gasteiger partial charge in [-0.3, -0.25) is 0 Å². The van der Waals surface area contributed by atoms with Crippen LogP contribution < -0.4 is 10.5 Å². The molecule has 100 valence electrons. The van der Waals surface area contributed by atoms with Crippen LogP contribution in [0.25, 0.3) is 0 Å². The molecule has 2 N–H and O–H groups in total. The van der Waals surface area contributed by atoms with Crippen LogP contribution in [0.4, 0.5) is 13.2 Å². The van der Waals surface area contributed by atoms with Gasteiger partial charge in [0.2, 0.25) is 0 Å². The number of hydrogen-bond acceptors (Lipinski definition) is 2. The van der Waals surface area contributed by atoms with Crippen molar-refractivity contribution in [3.05, 3.63) is 65.0 Å². The average Bonchev–Trinajstić information content (AvgIpc) is 2.36. The van der Waals surface area contributed by atoms with E-state index in [1.54, 1.807) is 6.07 Å². The smallest absolute Gasteiger partial charge is 0.165 e. The molecular weight excluding hydrogens is 255 g/mol. The summed E-state index contributed by atoms with van der Waals surface area (Å²) in [6.45, 7) is 0.111. The third-order valence-electron chi connectivity index (χ3n) is 2.55. The van der Waals surface area contributed by atoms with Crippen LogP contribution >= 0.6 is 0 Å². The molecule has 0 spiro atoms. The molecule has 2 nitrogen and oxygen atoms in total. The standard InChI is InChI=1S/C14H12F3NO/c15-11-3-10(4-12(16)6-11)8-19-14-2-1-9(7-18)5-13(14)17/h1-6H,7-8,18H2. The van der Waals surface area contributed by atoms with E-state index in [0.717, 1.165) is 18.2 Å². The second kappa shape index (κ2) is 5.75. The van der Waals surface area contributed by atoms with Gasteiger partial charge in [-0.15, -0.1) is 0 Å². The second-order valence-electron chi connectivity index (χ2n) is 4.04. The van der Waals surface area contributed by atoms with E-state index in [4.69, 9.17) is 10.5 Å². The summed E-state index contributed by atoms with van der Waals surface area (Å²) in [7, 11) is 0. The lowest BCUT2D eigenvalue weighted by Gasteiger charge is -2.08. The van der Waals surface area contributed by atoms with Crippen molar-refractivity contribution in [1.82, 2.24) is 0 Å². The second-order valence-corrected chi connectivity index (χ2v) is 4.04. The SMILES string of the molecule is NCc1ccc(OCc2cc(F)cc(F)c2)c(F)c1. The molecule has 0 amide bonds. The van der Waals surface area contributed by atoms with E-state index in [0.29, 0.717) is 11.1 Å². The molecule has 0 saturated heterocycles. The summed E-state index contributed by atoms with van der Waals surface area (Å²) >= 11 is 0. The van der Waals surface area contributed by atoms with Crippen molar-refractivity contribution in [3.63, 3.8) is 0 Å². The number of nitrogens with two attached hydrogens (primary N) is 1. The van der Waals surface area contributed by atoms with Crippen molar-refractivity contribution < 1.29 is 17.9 Å². The topological polar surface area (TPSA) is 35.2 Å². The number of halogens is 3. The van der Waals surface area contributed by atoms with Gasteiger partial charge < -0.3 is 10.5 Å². The Kier molecular flexibility index (Phi) is 4.06. The van der Waals surface area contributed by atoms with Crippen molar-refractivity contribution in [2.75, 3.05) is 0 Å². The number of ether oxygens (including phenoxy) is 1. The van der Waals surface area contributed by atoms with Crippen LogP contribution in [-0.2, 0) is 13.2 Å². The van der Waals surface area contributed by atoms with Gasteiger partial charge in [-0.25, -0.2) is 13.2 Å². The molecule has 0 aromatic heterocycles. The quantitative estimate of drug-likeness (QED) is 0.923. The maximum Gasteiger partial charge on any atom is 0.165 e. The summed E-state index contributed by atoms with van der Waals surface area (Å²) in [4.78, 5) is 0. The van der Waals surface area contributed by atoms with Gasteiger partial charge in [0.25, 0.3) is 0 Å². The number of hydrogen-bond donors (Lipinski definition) is 1. The lowest BCUT2D eigenvalue weighted by Crippen LogP contribution is -2.01. The fourth-order valence-corrected chi connectivity index (χ4v) is 1.64. The first-order valence-corrected chi connectivity index (χ1v) is 5.65. The molecule has 0 bridgehead atoms. The maximum atomic E-state index is 13.6. The Morgan fingerprint density at radius 2 is 1.58 bits per heavy atom. The third kappa shape index (κ3) is 3.48. The molecule has 19 heavy (non-hydrogen) atoms. The van der Waals surface area contributed by atoms with Crippen LogP contribution in [0.5, 0.6) is 5.75 Å². The van der Waals surface area contributed by atoms with E-state index in [-0.39, 0.29) is 18.9 Å². The van der Waals surface area contributed by atoms with Gasteiger partial charge in [0.15, 0.2) is 11.6 Å². The van der Waals surface area contributed by atoms with Crippen molar-refractivity contribution in [3.8, 4) is 5.75 Å². The minimum atomic E-state index is -0.697. The minimum absolute atomic E-state index is 0.0156. The zero-order valence-corrected chi connectivity index (χ0v) is 10.00. The first-order chi connectivity index (χ1) is 9.08. The molecule has 0 unspecified atom stereocenters. The summed E-state index contributed by atoms with van der Waals surface area (Å²) in [5, 5.41) is 0. The highest BCUT2D eigenvalue weighted by Gasteiger charge is 2.06. The van der Waals surface area contributed by atoms with E-state index in [1.807, 2.05) is 0 Å². The molecule has 0 atom stereocenters. The first-order valence-electron chi connectivity index (χ1n) is 5.65. The summed E-state index contributed by atoms with van der Waals surface area (Å²) < 4.78 is 44.6. The Hall–Kier alpha value is -2.01. The fourth-order valence-electron chi connectivity index (χ4n) is 1.64. The van der Waals surface area contributed by atoms with Crippen LogP contribution in [0.3, 0.4) is 0 Å². The number of rotatable bonds is 4. The molecule has 2 rings (SSSR count). The van der Waals surface area contributed by atoms with E-state index in [9.17, 15) is 13.2 Å². The molecule has 0 aliphatic heterocycles. The Morgan fingerprint density at radius 3 is 2.16 bits per heavy atom. The van der Waals surface area contributed by atoms with Gasteiger partial charge in [0.1, 0.15) is 18.2 Å². The largest absolute Gasteiger partial charge is 0.486 e. The summed E-state index contributed by atoms with van der Waals surface area (Å²) in [6, 6.07) is 7.36. The summed E-state index contributed by atoms with van der Waals surface area (Å²) in [5.74, 6) is -1.93. The maximum absolute atomic E-state index is 13.6. The minimum Gasteiger partial charge on any atom is -0.486 e. The zero-order valence-electron chi connectivity index (χ0n) is 10.00. The van der Waals surface area contributed by atoms with E-state index in [2.05, 4.69) is 0 Å². The molecule has 0 fully saturated rings. The lowest BCUT2D eigenvalue weighted by atomic mass is 10.2.